The van der Waals surface area contributed by atoms with E-state index in [9.17, 15) is 18.0 Å². The first kappa shape index (κ1) is 23.5. The number of benzene rings is 3. The number of amides is 2. The molecule has 0 spiro atoms. The molecule has 0 atom stereocenters. The molecule has 0 heterocycles. The van der Waals surface area contributed by atoms with Gasteiger partial charge in [0.1, 0.15) is 0 Å². The largest absolute Gasteiger partial charge is 0.355 e. The lowest BCUT2D eigenvalue weighted by molar-refractivity contribution is -0.123. The van der Waals surface area contributed by atoms with Gasteiger partial charge in [0.25, 0.3) is 10.0 Å². The average Bonchev–Trinajstić information content (AvgIpc) is 3.62. The first-order valence-corrected chi connectivity index (χ1v) is 12.6. The molecular formula is C26H27N3O4S. The highest BCUT2D eigenvalue weighted by Crippen LogP contribution is 2.48. The fourth-order valence-electron chi connectivity index (χ4n) is 3.90. The Morgan fingerprint density at radius 1 is 0.853 bits per heavy atom. The summed E-state index contributed by atoms with van der Waals surface area (Å²) in [6, 6.07) is 22.9. The zero-order chi connectivity index (χ0) is 24.2. The van der Waals surface area contributed by atoms with E-state index in [2.05, 4.69) is 15.4 Å². The summed E-state index contributed by atoms with van der Waals surface area (Å²) in [7, 11) is -3.79. The summed E-state index contributed by atoms with van der Waals surface area (Å²) in [6.45, 7) is 1.96. The minimum Gasteiger partial charge on any atom is -0.355 e. The molecule has 2 amide bonds. The highest BCUT2D eigenvalue weighted by Gasteiger charge is 2.51. The van der Waals surface area contributed by atoms with Gasteiger partial charge in [-0.1, -0.05) is 42.5 Å². The minimum absolute atomic E-state index is 0.0102. The Kier molecular flexibility index (Phi) is 6.70. The van der Waals surface area contributed by atoms with Gasteiger partial charge in [0, 0.05) is 24.8 Å². The lowest BCUT2D eigenvalue weighted by Gasteiger charge is -2.17. The van der Waals surface area contributed by atoms with Crippen molar-refractivity contribution in [1.82, 2.24) is 5.32 Å². The molecule has 8 heteroatoms. The van der Waals surface area contributed by atoms with Crippen molar-refractivity contribution in [2.75, 3.05) is 16.6 Å². The van der Waals surface area contributed by atoms with Crippen molar-refractivity contribution in [3.05, 3.63) is 90.0 Å². The summed E-state index contributed by atoms with van der Waals surface area (Å²) in [6.07, 6.45) is 2.32. The van der Waals surface area contributed by atoms with Crippen molar-refractivity contribution in [2.45, 2.75) is 36.5 Å². The first-order chi connectivity index (χ1) is 16.3. The van der Waals surface area contributed by atoms with Crippen LogP contribution in [0.15, 0.2) is 83.8 Å². The number of nitrogens with one attached hydrogen (secondary N) is 3. The molecule has 3 aromatic rings. The van der Waals surface area contributed by atoms with Crippen LogP contribution < -0.4 is 15.4 Å². The fraction of sp³-hybridized carbons (Fsp3) is 0.231. The van der Waals surface area contributed by atoms with Gasteiger partial charge in [-0.2, -0.15) is 0 Å². The van der Waals surface area contributed by atoms with Crippen LogP contribution in [-0.4, -0.2) is 26.8 Å². The predicted octanol–water partition coefficient (Wildman–Crippen LogP) is 3.84. The number of anilines is 2. The number of carbonyl (C=O) groups excluding carboxylic acids is 2. The fourth-order valence-corrected chi connectivity index (χ4v) is 4.96. The van der Waals surface area contributed by atoms with Crippen LogP contribution in [0.5, 0.6) is 0 Å². The van der Waals surface area contributed by atoms with Crippen LogP contribution in [0.3, 0.4) is 0 Å². The zero-order valence-electron chi connectivity index (χ0n) is 18.9. The van der Waals surface area contributed by atoms with Crippen molar-refractivity contribution in [3.63, 3.8) is 0 Å². The number of hydrogen-bond donors (Lipinski definition) is 3. The maximum absolute atomic E-state index is 12.9. The summed E-state index contributed by atoms with van der Waals surface area (Å²) < 4.78 is 28.0. The van der Waals surface area contributed by atoms with E-state index >= 15 is 0 Å². The molecule has 3 aromatic carbocycles. The highest BCUT2D eigenvalue weighted by molar-refractivity contribution is 7.92. The first-order valence-electron chi connectivity index (χ1n) is 11.1. The van der Waals surface area contributed by atoms with Crippen molar-refractivity contribution < 1.29 is 18.0 Å². The van der Waals surface area contributed by atoms with Crippen LogP contribution in [0.4, 0.5) is 11.4 Å². The van der Waals surface area contributed by atoms with E-state index in [1.165, 1.54) is 36.8 Å². The second-order valence-corrected chi connectivity index (χ2v) is 10.1. The Labute approximate surface area is 199 Å². The third-order valence-corrected chi connectivity index (χ3v) is 7.30. The van der Waals surface area contributed by atoms with Gasteiger partial charge in [0.05, 0.1) is 10.3 Å². The summed E-state index contributed by atoms with van der Waals surface area (Å²) in [5.41, 5.74) is 2.46. The van der Waals surface area contributed by atoms with Gasteiger partial charge in [-0.25, -0.2) is 8.42 Å². The Balaban J connectivity index is 1.37. The second-order valence-electron chi connectivity index (χ2n) is 8.46. The van der Waals surface area contributed by atoms with Crippen molar-refractivity contribution >= 4 is 33.2 Å². The van der Waals surface area contributed by atoms with E-state index in [4.69, 9.17) is 0 Å². The molecule has 1 saturated carbocycles. The van der Waals surface area contributed by atoms with Crippen molar-refractivity contribution in [2.24, 2.45) is 0 Å². The molecule has 0 aliphatic heterocycles. The predicted molar refractivity (Wildman–Crippen MR) is 132 cm³/mol. The van der Waals surface area contributed by atoms with Gasteiger partial charge in [0.15, 0.2) is 0 Å². The van der Waals surface area contributed by atoms with E-state index in [0.717, 1.165) is 24.8 Å². The standard InChI is InChI=1S/C26H27N3O4S/c1-19(30)28-22-11-13-24(14-12-22)34(32,33)29-23-9-7-21(8-10-23)26(16-17-26)25(31)27-18-15-20-5-3-2-4-6-20/h2-14,29H,15-18H2,1H3,(H,27,31)(H,28,30). The Morgan fingerprint density at radius 3 is 2.06 bits per heavy atom. The third kappa shape index (κ3) is 5.46. The number of carbonyl (C=O) groups is 2. The molecule has 0 bridgehead atoms. The van der Waals surface area contributed by atoms with Crippen molar-refractivity contribution in [3.8, 4) is 0 Å². The number of sulfonamides is 1. The maximum Gasteiger partial charge on any atom is 0.261 e. The molecule has 176 valence electrons. The molecule has 1 fully saturated rings. The Morgan fingerprint density at radius 2 is 1.47 bits per heavy atom. The molecule has 1 aliphatic rings. The summed E-state index contributed by atoms with van der Waals surface area (Å²) in [5, 5.41) is 5.65. The molecule has 4 rings (SSSR count). The third-order valence-electron chi connectivity index (χ3n) is 5.90. The summed E-state index contributed by atoms with van der Waals surface area (Å²) >= 11 is 0. The Hall–Kier alpha value is -3.65. The molecular weight excluding hydrogens is 450 g/mol. The average molecular weight is 478 g/mol. The van der Waals surface area contributed by atoms with Crippen LogP contribution in [0, 0.1) is 0 Å². The summed E-state index contributed by atoms with van der Waals surface area (Å²) in [4.78, 5) is 24.1. The van der Waals surface area contributed by atoms with Gasteiger partial charge >= 0.3 is 0 Å². The molecule has 34 heavy (non-hydrogen) atoms. The summed E-state index contributed by atoms with van der Waals surface area (Å²) in [5.74, 6) is -0.219. The quantitative estimate of drug-likeness (QED) is 0.436. The van der Waals surface area contributed by atoms with E-state index in [0.29, 0.717) is 17.9 Å². The zero-order valence-corrected chi connectivity index (χ0v) is 19.7. The van der Waals surface area contributed by atoms with E-state index in [1.807, 2.05) is 42.5 Å². The van der Waals surface area contributed by atoms with Crippen LogP contribution in [0.1, 0.15) is 30.9 Å². The van der Waals surface area contributed by atoms with Gasteiger partial charge in [-0.05, 0) is 66.8 Å². The topological polar surface area (TPSA) is 104 Å². The monoisotopic (exact) mass is 477 g/mol. The van der Waals surface area contributed by atoms with E-state index in [1.54, 1.807) is 12.1 Å². The van der Waals surface area contributed by atoms with Crippen molar-refractivity contribution in [1.29, 1.82) is 0 Å². The minimum atomic E-state index is -3.79. The van der Waals surface area contributed by atoms with Gasteiger partial charge in [-0.15, -0.1) is 0 Å². The van der Waals surface area contributed by atoms with Crippen LogP contribution >= 0.6 is 0 Å². The lowest BCUT2D eigenvalue weighted by atomic mass is 9.94. The molecule has 0 aromatic heterocycles. The SMILES string of the molecule is CC(=O)Nc1ccc(S(=O)(=O)Nc2ccc(C3(C(=O)NCCc4ccccc4)CC3)cc2)cc1. The van der Waals surface area contributed by atoms with Gasteiger partial charge in [-0.3, -0.25) is 14.3 Å². The molecule has 0 radical (unpaired) electrons. The molecule has 0 saturated heterocycles. The van der Waals surface area contributed by atoms with Gasteiger partial charge in [0.2, 0.25) is 11.8 Å². The molecule has 3 N–H and O–H groups in total. The highest BCUT2D eigenvalue weighted by atomic mass is 32.2. The van der Waals surface area contributed by atoms with E-state index in [-0.39, 0.29) is 16.7 Å². The molecule has 1 aliphatic carbocycles. The van der Waals surface area contributed by atoms with E-state index < -0.39 is 15.4 Å². The second kappa shape index (κ2) is 9.69. The normalized spacial score (nSPS) is 14.1. The maximum atomic E-state index is 12.9. The number of hydrogen-bond acceptors (Lipinski definition) is 4. The van der Waals surface area contributed by atoms with Crippen LogP contribution in [-0.2, 0) is 31.4 Å². The van der Waals surface area contributed by atoms with Crippen LogP contribution in [0.2, 0.25) is 0 Å². The molecule has 7 nitrogen and oxygen atoms in total. The lowest BCUT2D eigenvalue weighted by Crippen LogP contribution is -2.35. The molecule has 0 unspecified atom stereocenters. The van der Waals surface area contributed by atoms with Crippen LogP contribution in [0.25, 0.3) is 0 Å². The Bertz CT molecular complexity index is 1270. The van der Waals surface area contributed by atoms with Gasteiger partial charge < -0.3 is 10.6 Å². The number of rotatable bonds is 9. The smallest absolute Gasteiger partial charge is 0.261 e.